The number of primary amides is 1. The molecule has 7 nitrogen and oxygen atoms in total. The van der Waals surface area contributed by atoms with Gasteiger partial charge >= 0.3 is 0 Å². The molecule has 2 amide bonds. The van der Waals surface area contributed by atoms with E-state index in [0.29, 0.717) is 37.4 Å². The zero-order chi connectivity index (χ0) is 22.1. The molecule has 2 aromatic carbocycles. The molecule has 0 atom stereocenters. The van der Waals surface area contributed by atoms with E-state index in [4.69, 9.17) is 14.9 Å². The van der Waals surface area contributed by atoms with Gasteiger partial charge in [0.15, 0.2) is 0 Å². The van der Waals surface area contributed by atoms with Crippen LogP contribution in [-0.4, -0.2) is 40.9 Å². The summed E-state index contributed by atoms with van der Waals surface area (Å²) in [5, 5.41) is 3.31. The van der Waals surface area contributed by atoms with Crippen molar-refractivity contribution >= 4 is 33.6 Å². The van der Waals surface area contributed by atoms with Crippen LogP contribution in [0.1, 0.15) is 29.1 Å². The van der Waals surface area contributed by atoms with Crippen LogP contribution in [0.3, 0.4) is 0 Å². The minimum Gasteiger partial charge on any atom is -0.490 e. The lowest BCUT2D eigenvalue weighted by Crippen LogP contribution is -2.42. The number of carbonyl (C=O) groups is 2. The number of amides is 2. The molecular weight excluding hydrogens is 406 g/mol. The normalized spacial score (nSPS) is 14.7. The van der Waals surface area contributed by atoms with Crippen LogP contribution < -0.4 is 10.5 Å². The molecule has 3 heterocycles. The number of ether oxygens (including phenoxy) is 1. The number of hydrogen-bond donors (Lipinski definition) is 1. The standard InChI is InChI=1S/C25H23N3O4/c26-25(30)22-14-18(7-10-27-22)31-17-8-11-28(12-9-17)24(29)15-19-13-21-20-4-2-1-3-16(20)5-6-23(21)32-19/h1-7,10,13-14,17H,8-9,11-12,15H2,(H2,26,30). The van der Waals surface area contributed by atoms with Crippen molar-refractivity contribution < 1.29 is 18.7 Å². The quantitative estimate of drug-likeness (QED) is 0.522. The highest BCUT2D eigenvalue weighted by Gasteiger charge is 2.25. The van der Waals surface area contributed by atoms with Crippen LogP contribution in [0.4, 0.5) is 0 Å². The fourth-order valence-electron chi connectivity index (χ4n) is 4.23. The van der Waals surface area contributed by atoms with Crippen LogP contribution in [-0.2, 0) is 11.2 Å². The number of fused-ring (bicyclic) bond motifs is 3. The summed E-state index contributed by atoms with van der Waals surface area (Å²) in [6, 6.07) is 17.4. The molecule has 1 saturated heterocycles. The van der Waals surface area contributed by atoms with Gasteiger partial charge in [-0.15, -0.1) is 0 Å². The zero-order valence-corrected chi connectivity index (χ0v) is 17.5. The van der Waals surface area contributed by atoms with Gasteiger partial charge in [0.05, 0.1) is 6.42 Å². The van der Waals surface area contributed by atoms with Gasteiger partial charge in [0.25, 0.3) is 5.91 Å². The SMILES string of the molecule is NC(=O)c1cc(OC2CCN(C(=O)Cc3cc4c(ccc5ccccc54)o3)CC2)ccn1. The molecule has 5 rings (SSSR count). The van der Waals surface area contributed by atoms with Crippen LogP contribution >= 0.6 is 0 Å². The van der Waals surface area contributed by atoms with Crippen molar-refractivity contribution in [2.45, 2.75) is 25.4 Å². The van der Waals surface area contributed by atoms with E-state index in [0.717, 1.165) is 21.7 Å². The van der Waals surface area contributed by atoms with Crippen molar-refractivity contribution in [2.75, 3.05) is 13.1 Å². The maximum Gasteiger partial charge on any atom is 0.267 e. The summed E-state index contributed by atoms with van der Waals surface area (Å²) < 4.78 is 11.9. The predicted octanol–water partition coefficient (Wildman–Crippen LogP) is 3.69. The highest BCUT2D eigenvalue weighted by molar-refractivity contribution is 6.06. The molecule has 0 aliphatic carbocycles. The average Bonchev–Trinajstić information content (AvgIpc) is 3.22. The van der Waals surface area contributed by atoms with Crippen molar-refractivity contribution in [3.05, 3.63) is 72.2 Å². The van der Waals surface area contributed by atoms with Crippen molar-refractivity contribution in [2.24, 2.45) is 5.73 Å². The second-order valence-electron chi connectivity index (χ2n) is 8.03. The van der Waals surface area contributed by atoms with Gasteiger partial charge in [0.1, 0.15) is 28.9 Å². The summed E-state index contributed by atoms with van der Waals surface area (Å²) in [6.45, 7) is 1.22. The third kappa shape index (κ3) is 4.01. The Kier molecular flexibility index (Phi) is 5.23. The Morgan fingerprint density at radius 1 is 1.06 bits per heavy atom. The number of carbonyl (C=O) groups excluding carboxylic acids is 2. The Labute approximate surface area is 184 Å². The first-order valence-electron chi connectivity index (χ1n) is 10.7. The monoisotopic (exact) mass is 429 g/mol. The number of nitrogens with two attached hydrogens (primary N) is 1. The highest BCUT2D eigenvalue weighted by Crippen LogP contribution is 2.29. The molecule has 32 heavy (non-hydrogen) atoms. The Hall–Kier alpha value is -3.87. The van der Waals surface area contributed by atoms with Crippen molar-refractivity contribution in [1.82, 2.24) is 9.88 Å². The van der Waals surface area contributed by atoms with Gasteiger partial charge in [-0.25, -0.2) is 0 Å². The number of piperidine rings is 1. The van der Waals surface area contributed by atoms with Crippen molar-refractivity contribution in [3.63, 3.8) is 0 Å². The number of rotatable bonds is 5. The van der Waals surface area contributed by atoms with Crippen molar-refractivity contribution in [1.29, 1.82) is 0 Å². The first-order valence-corrected chi connectivity index (χ1v) is 10.7. The second kappa shape index (κ2) is 8.34. The molecule has 1 fully saturated rings. The molecule has 0 bridgehead atoms. The molecule has 0 saturated carbocycles. The summed E-state index contributed by atoms with van der Waals surface area (Å²) in [5.74, 6) is 0.699. The minimum atomic E-state index is -0.588. The molecule has 0 unspecified atom stereocenters. The van der Waals surface area contributed by atoms with E-state index in [9.17, 15) is 9.59 Å². The zero-order valence-electron chi connectivity index (χ0n) is 17.5. The highest BCUT2D eigenvalue weighted by atomic mass is 16.5. The first kappa shape index (κ1) is 20.1. The molecule has 162 valence electrons. The van der Waals surface area contributed by atoms with Crippen LogP contribution in [0.25, 0.3) is 21.7 Å². The molecule has 1 aliphatic heterocycles. The van der Waals surface area contributed by atoms with E-state index in [1.807, 2.05) is 35.2 Å². The molecule has 2 N–H and O–H groups in total. The van der Waals surface area contributed by atoms with Gasteiger partial charge in [0, 0.05) is 43.6 Å². The number of furan rings is 1. The summed E-state index contributed by atoms with van der Waals surface area (Å²) >= 11 is 0. The van der Waals surface area contributed by atoms with Crippen LogP contribution in [0, 0.1) is 0 Å². The van der Waals surface area contributed by atoms with E-state index >= 15 is 0 Å². The van der Waals surface area contributed by atoms with Gasteiger partial charge in [-0.3, -0.25) is 14.6 Å². The summed E-state index contributed by atoms with van der Waals surface area (Å²) in [5.41, 5.74) is 6.25. The Bertz CT molecular complexity index is 1310. The van der Waals surface area contributed by atoms with E-state index < -0.39 is 5.91 Å². The lowest BCUT2D eigenvalue weighted by Gasteiger charge is -2.32. The Balaban J connectivity index is 1.21. The number of hydrogen-bond acceptors (Lipinski definition) is 5. The number of aromatic nitrogens is 1. The van der Waals surface area contributed by atoms with Crippen LogP contribution in [0.2, 0.25) is 0 Å². The Morgan fingerprint density at radius 2 is 1.88 bits per heavy atom. The molecule has 4 aromatic rings. The average molecular weight is 429 g/mol. The molecule has 1 aliphatic rings. The number of likely N-dealkylation sites (tertiary alicyclic amines) is 1. The van der Waals surface area contributed by atoms with E-state index in [1.165, 1.54) is 6.20 Å². The van der Waals surface area contributed by atoms with E-state index in [2.05, 4.69) is 17.1 Å². The number of nitrogens with zero attached hydrogens (tertiary/aromatic N) is 2. The maximum absolute atomic E-state index is 12.9. The summed E-state index contributed by atoms with van der Waals surface area (Å²) in [4.78, 5) is 29.9. The third-order valence-electron chi connectivity index (χ3n) is 5.88. The summed E-state index contributed by atoms with van der Waals surface area (Å²) in [6.07, 6.45) is 3.14. The predicted molar refractivity (Wildman–Crippen MR) is 120 cm³/mol. The van der Waals surface area contributed by atoms with Crippen LogP contribution in [0.5, 0.6) is 5.75 Å². The van der Waals surface area contributed by atoms with Gasteiger partial charge in [0.2, 0.25) is 5.91 Å². The maximum atomic E-state index is 12.9. The third-order valence-corrected chi connectivity index (χ3v) is 5.88. The Morgan fingerprint density at radius 3 is 2.69 bits per heavy atom. The lowest BCUT2D eigenvalue weighted by molar-refractivity contribution is -0.132. The van der Waals surface area contributed by atoms with Gasteiger partial charge in [-0.05, 0) is 29.0 Å². The van der Waals surface area contributed by atoms with E-state index in [-0.39, 0.29) is 24.1 Å². The van der Waals surface area contributed by atoms with E-state index in [1.54, 1.807) is 12.1 Å². The molecule has 0 spiro atoms. The molecule has 2 aromatic heterocycles. The minimum absolute atomic E-state index is 0.0280. The fraction of sp³-hybridized carbons (Fsp3) is 0.240. The topological polar surface area (TPSA) is 98.7 Å². The number of pyridine rings is 1. The second-order valence-corrected chi connectivity index (χ2v) is 8.03. The summed E-state index contributed by atoms with van der Waals surface area (Å²) in [7, 11) is 0. The molecule has 0 radical (unpaired) electrons. The smallest absolute Gasteiger partial charge is 0.267 e. The molecule has 7 heteroatoms. The van der Waals surface area contributed by atoms with Crippen molar-refractivity contribution in [3.8, 4) is 5.75 Å². The largest absolute Gasteiger partial charge is 0.490 e. The first-order chi connectivity index (χ1) is 15.6. The fourth-order valence-corrected chi connectivity index (χ4v) is 4.23. The molecular formula is C25H23N3O4. The van der Waals surface area contributed by atoms with Crippen LogP contribution in [0.15, 0.2) is 65.2 Å². The van der Waals surface area contributed by atoms with Gasteiger partial charge in [-0.1, -0.05) is 30.3 Å². The lowest BCUT2D eigenvalue weighted by atomic mass is 10.1. The van der Waals surface area contributed by atoms with Gasteiger partial charge in [-0.2, -0.15) is 0 Å². The van der Waals surface area contributed by atoms with Gasteiger partial charge < -0.3 is 19.8 Å². The number of benzene rings is 2.